The number of aromatic amines is 1. The molecule has 78 valence electrons. The van der Waals surface area contributed by atoms with Gasteiger partial charge in [0.1, 0.15) is 17.1 Å². The summed E-state index contributed by atoms with van der Waals surface area (Å²) < 4.78 is 10.8. The van der Waals surface area contributed by atoms with Gasteiger partial charge in [0.05, 0.1) is 5.39 Å². The second-order valence-electron chi connectivity index (χ2n) is 3.30. The smallest absolute Gasteiger partial charge is 0.192 e. The Morgan fingerprint density at radius 2 is 2.20 bits per heavy atom. The van der Waals surface area contributed by atoms with E-state index in [0.29, 0.717) is 10.8 Å². The number of nitrogens with zero attached hydrogens (tertiary/aromatic N) is 2. The van der Waals surface area contributed by atoms with Crippen molar-refractivity contribution < 1.29 is 9.47 Å². The van der Waals surface area contributed by atoms with Crippen molar-refractivity contribution in [3.05, 3.63) is 23.2 Å². The Labute approximate surface area is 90.4 Å². The molecule has 1 fully saturated rings. The standard InChI is InChI=1S/C9H8ClN3O2/c1-4-14-9(15-4)5-2-11-8-6(5)7(10)12-3-13-8/h2-4,9H,1H3,(H,11,12,13). The van der Waals surface area contributed by atoms with Crippen molar-refractivity contribution in [3.63, 3.8) is 0 Å². The van der Waals surface area contributed by atoms with E-state index >= 15 is 0 Å². The number of fused-ring (bicyclic) bond motifs is 1. The van der Waals surface area contributed by atoms with Crippen LogP contribution in [-0.4, -0.2) is 21.2 Å². The van der Waals surface area contributed by atoms with Gasteiger partial charge >= 0.3 is 0 Å². The zero-order valence-corrected chi connectivity index (χ0v) is 8.65. The van der Waals surface area contributed by atoms with Crippen LogP contribution in [0.15, 0.2) is 12.5 Å². The molecule has 0 aromatic carbocycles. The Balaban J connectivity index is 2.11. The van der Waals surface area contributed by atoms with E-state index in [2.05, 4.69) is 15.0 Å². The van der Waals surface area contributed by atoms with Crippen LogP contribution in [0.1, 0.15) is 18.8 Å². The van der Waals surface area contributed by atoms with Gasteiger partial charge in [0.25, 0.3) is 0 Å². The van der Waals surface area contributed by atoms with E-state index < -0.39 is 0 Å². The van der Waals surface area contributed by atoms with Crippen molar-refractivity contribution >= 4 is 22.6 Å². The van der Waals surface area contributed by atoms with Crippen molar-refractivity contribution in [2.75, 3.05) is 0 Å². The van der Waals surface area contributed by atoms with E-state index in [9.17, 15) is 0 Å². The monoisotopic (exact) mass is 225 g/mol. The third kappa shape index (κ3) is 1.31. The van der Waals surface area contributed by atoms with E-state index in [1.807, 2.05) is 6.92 Å². The molecule has 0 saturated carbocycles. The number of halogens is 1. The van der Waals surface area contributed by atoms with Gasteiger partial charge in [0.2, 0.25) is 0 Å². The molecule has 15 heavy (non-hydrogen) atoms. The zero-order chi connectivity index (χ0) is 10.4. The van der Waals surface area contributed by atoms with Crippen LogP contribution in [0.5, 0.6) is 0 Å². The molecule has 5 nitrogen and oxygen atoms in total. The topological polar surface area (TPSA) is 60.0 Å². The fraction of sp³-hybridized carbons (Fsp3) is 0.333. The summed E-state index contributed by atoms with van der Waals surface area (Å²) in [5.74, 6) is 0. The van der Waals surface area contributed by atoms with E-state index in [0.717, 1.165) is 10.9 Å². The summed E-state index contributed by atoms with van der Waals surface area (Å²) in [5.41, 5.74) is 1.53. The first-order valence-corrected chi connectivity index (χ1v) is 4.92. The molecule has 0 atom stereocenters. The van der Waals surface area contributed by atoms with Gasteiger partial charge in [-0.1, -0.05) is 11.6 Å². The normalized spacial score (nSPS) is 25.5. The van der Waals surface area contributed by atoms with Crippen LogP contribution in [0.2, 0.25) is 5.15 Å². The molecule has 1 aliphatic heterocycles. The van der Waals surface area contributed by atoms with Gasteiger partial charge in [0, 0.05) is 11.8 Å². The maximum absolute atomic E-state index is 5.98. The predicted octanol–water partition coefficient (Wildman–Crippen LogP) is 2.00. The number of ether oxygens (including phenoxy) is 2. The lowest BCUT2D eigenvalue weighted by Gasteiger charge is -2.33. The highest BCUT2D eigenvalue weighted by molar-refractivity contribution is 6.34. The van der Waals surface area contributed by atoms with Gasteiger partial charge < -0.3 is 14.5 Å². The largest absolute Gasteiger partial charge is 0.346 e. The van der Waals surface area contributed by atoms with Crippen molar-refractivity contribution in [1.29, 1.82) is 0 Å². The number of hydrogen-bond acceptors (Lipinski definition) is 4. The first-order chi connectivity index (χ1) is 7.25. The first kappa shape index (κ1) is 9.08. The highest BCUT2D eigenvalue weighted by Crippen LogP contribution is 2.36. The molecule has 6 heteroatoms. The lowest BCUT2D eigenvalue weighted by atomic mass is 10.2. The molecule has 0 aliphatic carbocycles. The summed E-state index contributed by atoms with van der Waals surface area (Å²) in [6.07, 6.45) is 2.67. The minimum atomic E-state index is -0.364. The van der Waals surface area contributed by atoms with Gasteiger partial charge in [-0.3, -0.25) is 0 Å². The lowest BCUT2D eigenvalue weighted by molar-refractivity contribution is -0.382. The minimum Gasteiger partial charge on any atom is -0.346 e. The van der Waals surface area contributed by atoms with E-state index in [4.69, 9.17) is 21.1 Å². The minimum absolute atomic E-state index is 0.164. The summed E-state index contributed by atoms with van der Waals surface area (Å²) in [6.45, 7) is 1.84. The summed E-state index contributed by atoms with van der Waals surface area (Å²) in [6, 6.07) is 0. The molecule has 2 aromatic rings. The molecule has 1 aliphatic rings. The fourth-order valence-corrected chi connectivity index (χ4v) is 1.88. The number of rotatable bonds is 1. The number of aromatic nitrogens is 3. The molecule has 0 spiro atoms. The zero-order valence-electron chi connectivity index (χ0n) is 7.90. The van der Waals surface area contributed by atoms with Crippen LogP contribution in [-0.2, 0) is 9.47 Å². The van der Waals surface area contributed by atoms with Crippen LogP contribution >= 0.6 is 11.6 Å². The Kier molecular flexibility index (Phi) is 1.92. The second kappa shape index (κ2) is 3.16. The van der Waals surface area contributed by atoms with Gasteiger partial charge in [-0.2, -0.15) is 0 Å². The quantitative estimate of drug-likeness (QED) is 0.755. The molecule has 0 unspecified atom stereocenters. The van der Waals surface area contributed by atoms with Crippen molar-refractivity contribution in [1.82, 2.24) is 15.0 Å². The molecule has 0 radical (unpaired) electrons. The van der Waals surface area contributed by atoms with Crippen molar-refractivity contribution in [2.45, 2.75) is 19.5 Å². The van der Waals surface area contributed by atoms with Gasteiger partial charge in [0.15, 0.2) is 12.6 Å². The average molecular weight is 226 g/mol. The third-order valence-corrected chi connectivity index (χ3v) is 2.63. The highest BCUT2D eigenvalue weighted by atomic mass is 35.5. The predicted molar refractivity (Wildman–Crippen MR) is 53.3 cm³/mol. The third-order valence-electron chi connectivity index (χ3n) is 2.34. The summed E-state index contributed by atoms with van der Waals surface area (Å²) >= 11 is 5.98. The number of H-pyrrole nitrogens is 1. The average Bonchev–Trinajstić information content (AvgIpc) is 2.58. The number of hydrogen-bond donors (Lipinski definition) is 1. The van der Waals surface area contributed by atoms with Gasteiger partial charge in [-0.05, 0) is 6.92 Å². The Morgan fingerprint density at radius 1 is 1.40 bits per heavy atom. The molecular formula is C9H8ClN3O2. The number of nitrogens with one attached hydrogen (secondary N) is 1. The molecular weight excluding hydrogens is 218 g/mol. The highest BCUT2D eigenvalue weighted by Gasteiger charge is 2.31. The molecule has 1 N–H and O–H groups in total. The molecule has 2 aromatic heterocycles. The maximum atomic E-state index is 5.98. The van der Waals surface area contributed by atoms with Crippen LogP contribution in [0.25, 0.3) is 11.0 Å². The molecule has 0 amide bonds. The lowest BCUT2D eigenvalue weighted by Crippen LogP contribution is -2.31. The molecule has 1 saturated heterocycles. The van der Waals surface area contributed by atoms with E-state index in [-0.39, 0.29) is 12.6 Å². The van der Waals surface area contributed by atoms with Crippen LogP contribution in [0, 0.1) is 0 Å². The fourth-order valence-electron chi connectivity index (χ4n) is 1.64. The second-order valence-corrected chi connectivity index (χ2v) is 3.66. The van der Waals surface area contributed by atoms with Crippen LogP contribution in [0.3, 0.4) is 0 Å². The summed E-state index contributed by atoms with van der Waals surface area (Å²) in [4.78, 5) is 11.0. The Morgan fingerprint density at radius 3 is 2.93 bits per heavy atom. The van der Waals surface area contributed by atoms with Gasteiger partial charge in [-0.15, -0.1) is 0 Å². The van der Waals surface area contributed by atoms with Crippen LogP contribution in [0.4, 0.5) is 0 Å². The van der Waals surface area contributed by atoms with Crippen LogP contribution < -0.4 is 0 Å². The van der Waals surface area contributed by atoms with Gasteiger partial charge in [-0.25, -0.2) is 9.97 Å². The molecule has 0 bridgehead atoms. The summed E-state index contributed by atoms with van der Waals surface area (Å²) in [7, 11) is 0. The Bertz CT molecular complexity index is 507. The van der Waals surface area contributed by atoms with E-state index in [1.165, 1.54) is 6.33 Å². The first-order valence-electron chi connectivity index (χ1n) is 4.54. The van der Waals surface area contributed by atoms with Crippen molar-refractivity contribution in [2.24, 2.45) is 0 Å². The molecule has 3 heterocycles. The SMILES string of the molecule is CC1OC(c2c[nH]c3ncnc(Cl)c23)O1. The Hall–Kier alpha value is -1.17. The van der Waals surface area contributed by atoms with E-state index in [1.54, 1.807) is 6.20 Å². The summed E-state index contributed by atoms with van der Waals surface area (Å²) in [5, 5.41) is 1.17. The molecule has 3 rings (SSSR count). The van der Waals surface area contributed by atoms with Crippen molar-refractivity contribution in [3.8, 4) is 0 Å². The maximum Gasteiger partial charge on any atom is 0.192 e.